The molecule has 5 nitrogen and oxygen atoms in total. The predicted octanol–water partition coefficient (Wildman–Crippen LogP) is 0.383. The first-order valence-corrected chi connectivity index (χ1v) is 3.76. The number of halogens is 1. The maximum atomic E-state index is 11.1. The molecule has 1 N–H and O–H groups in total. The standard InChI is InChI=1S/C7H5ClN4O/c8-6-2-1-5(11-12-6)7(13)10-4-3-9/h1-2H,4H2,(H,10,13). The van der Waals surface area contributed by atoms with Crippen LogP contribution in [0.5, 0.6) is 0 Å². The zero-order valence-electron chi connectivity index (χ0n) is 6.49. The Balaban J connectivity index is 2.68. The topological polar surface area (TPSA) is 78.7 Å². The molecule has 0 fully saturated rings. The quantitative estimate of drug-likeness (QED) is 0.694. The summed E-state index contributed by atoms with van der Waals surface area (Å²) >= 11 is 5.46. The van der Waals surface area contributed by atoms with Gasteiger partial charge in [-0.15, -0.1) is 10.2 Å². The maximum absolute atomic E-state index is 11.1. The number of nitrogens with zero attached hydrogens (tertiary/aromatic N) is 3. The summed E-state index contributed by atoms with van der Waals surface area (Å²) in [5, 5.41) is 17.7. The third kappa shape index (κ3) is 2.69. The third-order valence-electron chi connectivity index (χ3n) is 1.19. The van der Waals surface area contributed by atoms with Gasteiger partial charge in [-0.05, 0) is 12.1 Å². The Kier molecular flexibility index (Phi) is 3.17. The van der Waals surface area contributed by atoms with Crippen molar-refractivity contribution in [3.8, 4) is 6.07 Å². The van der Waals surface area contributed by atoms with Gasteiger partial charge in [0.05, 0.1) is 6.07 Å². The van der Waals surface area contributed by atoms with Crippen molar-refractivity contribution in [3.05, 3.63) is 23.0 Å². The molecule has 0 aliphatic carbocycles. The lowest BCUT2D eigenvalue weighted by molar-refractivity contribution is 0.0952. The first-order chi connectivity index (χ1) is 6.24. The molecule has 1 heterocycles. The van der Waals surface area contributed by atoms with Crippen LogP contribution in [0.15, 0.2) is 12.1 Å². The molecule has 0 bridgehead atoms. The Bertz CT molecular complexity index is 343. The fraction of sp³-hybridized carbons (Fsp3) is 0.143. The Labute approximate surface area is 79.3 Å². The summed E-state index contributed by atoms with van der Waals surface area (Å²) in [6.07, 6.45) is 0. The zero-order valence-corrected chi connectivity index (χ0v) is 7.25. The molecule has 0 aliphatic heterocycles. The molecule has 1 rings (SSSR count). The lowest BCUT2D eigenvalue weighted by Gasteiger charge is -1.97. The van der Waals surface area contributed by atoms with Crippen LogP contribution >= 0.6 is 11.6 Å². The molecule has 6 heteroatoms. The smallest absolute Gasteiger partial charge is 0.272 e. The maximum Gasteiger partial charge on any atom is 0.272 e. The van der Waals surface area contributed by atoms with Crippen LogP contribution in [0.2, 0.25) is 5.15 Å². The molecule has 13 heavy (non-hydrogen) atoms. The fourth-order valence-electron chi connectivity index (χ4n) is 0.647. The van der Waals surface area contributed by atoms with Gasteiger partial charge < -0.3 is 5.32 Å². The molecule has 0 spiro atoms. The van der Waals surface area contributed by atoms with E-state index >= 15 is 0 Å². The number of rotatable bonds is 2. The summed E-state index contributed by atoms with van der Waals surface area (Å²) in [5.74, 6) is -0.439. The van der Waals surface area contributed by atoms with Gasteiger partial charge in [0.1, 0.15) is 6.54 Å². The molecule has 0 radical (unpaired) electrons. The van der Waals surface area contributed by atoms with E-state index in [4.69, 9.17) is 16.9 Å². The number of nitriles is 1. The number of hydrogen-bond donors (Lipinski definition) is 1. The van der Waals surface area contributed by atoms with Crippen LogP contribution in [-0.4, -0.2) is 22.6 Å². The van der Waals surface area contributed by atoms with Crippen molar-refractivity contribution in [1.29, 1.82) is 5.26 Å². The first-order valence-electron chi connectivity index (χ1n) is 3.38. The molecule has 0 saturated heterocycles. The van der Waals surface area contributed by atoms with Gasteiger partial charge in [0, 0.05) is 0 Å². The number of carbonyl (C=O) groups excluding carboxylic acids is 1. The van der Waals surface area contributed by atoms with Crippen molar-refractivity contribution >= 4 is 17.5 Å². The van der Waals surface area contributed by atoms with E-state index in [0.29, 0.717) is 0 Å². The van der Waals surface area contributed by atoms with Crippen LogP contribution in [0.4, 0.5) is 0 Å². The van der Waals surface area contributed by atoms with Gasteiger partial charge in [0.25, 0.3) is 5.91 Å². The fourth-order valence-corrected chi connectivity index (χ4v) is 0.748. The predicted molar refractivity (Wildman–Crippen MR) is 45.0 cm³/mol. The number of aromatic nitrogens is 2. The van der Waals surface area contributed by atoms with Gasteiger partial charge in [-0.25, -0.2) is 0 Å². The highest BCUT2D eigenvalue weighted by Crippen LogP contribution is 2.01. The number of amides is 1. The van der Waals surface area contributed by atoms with E-state index in [-0.39, 0.29) is 17.4 Å². The molecule has 0 atom stereocenters. The Hall–Kier alpha value is -1.67. The summed E-state index contributed by atoms with van der Waals surface area (Å²) in [4.78, 5) is 11.1. The minimum absolute atomic E-state index is 0.0524. The Morgan fingerprint density at radius 2 is 2.38 bits per heavy atom. The molecule has 0 saturated carbocycles. The third-order valence-corrected chi connectivity index (χ3v) is 1.39. The second kappa shape index (κ2) is 4.38. The van der Waals surface area contributed by atoms with Gasteiger partial charge in [0.15, 0.2) is 10.8 Å². The van der Waals surface area contributed by atoms with Crippen LogP contribution in [0.1, 0.15) is 10.5 Å². The monoisotopic (exact) mass is 196 g/mol. The van der Waals surface area contributed by atoms with E-state index in [0.717, 1.165) is 0 Å². The minimum Gasteiger partial charge on any atom is -0.338 e. The lowest BCUT2D eigenvalue weighted by Crippen LogP contribution is -2.24. The molecule has 0 aromatic carbocycles. The molecule has 1 aromatic rings. The van der Waals surface area contributed by atoms with Crippen LogP contribution in [0, 0.1) is 11.3 Å². The van der Waals surface area contributed by atoms with E-state index in [2.05, 4.69) is 15.5 Å². The van der Waals surface area contributed by atoms with E-state index in [1.54, 1.807) is 6.07 Å². The van der Waals surface area contributed by atoms with Gasteiger partial charge in [-0.1, -0.05) is 11.6 Å². The zero-order chi connectivity index (χ0) is 9.68. The van der Waals surface area contributed by atoms with Crippen molar-refractivity contribution in [1.82, 2.24) is 15.5 Å². The Morgan fingerprint density at radius 3 is 2.92 bits per heavy atom. The highest BCUT2D eigenvalue weighted by Gasteiger charge is 2.05. The van der Waals surface area contributed by atoms with Gasteiger partial charge in [-0.2, -0.15) is 5.26 Å². The summed E-state index contributed by atoms with van der Waals surface area (Å²) in [6, 6.07) is 4.66. The van der Waals surface area contributed by atoms with Crippen molar-refractivity contribution in [2.24, 2.45) is 0 Å². The average molecular weight is 197 g/mol. The normalized spacial score (nSPS) is 8.92. The van der Waals surface area contributed by atoms with Crippen molar-refractivity contribution in [2.75, 3.05) is 6.54 Å². The molecule has 1 amide bonds. The highest BCUT2D eigenvalue weighted by molar-refractivity contribution is 6.29. The van der Waals surface area contributed by atoms with Crippen LogP contribution in [0.25, 0.3) is 0 Å². The molecular formula is C7H5ClN4O. The van der Waals surface area contributed by atoms with E-state index < -0.39 is 5.91 Å². The summed E-state index contributed by atoms with van der Waals surface area (Å²) in [6.45, 7) is -0.0524. The van der Waals surface area contributed by atoms with Crippen molar-refractivity contribution in [3.63, 3.8) is 0 Å². The SMILES string of the molecule is N#CCNC(=O)c1ccc(Cl)nn1. The second-order valence-corrected chi connectivity index (χ2v) is 2.47. The van der Waals surface area contributed by atoms with E-state index in [1.807, 2.05) is 0 Å². The second-order valence-electron chi connectivity index (χ2n) is 2.08. The highest BCUT2D eigenvalue weighted by atomic mass is 35.5. The minimum atomic E-state index is -0.439. The largest absolute Gasteiger partial charge is 0.338 e. The van der Waals surface area contributed by atoms with Gasteiger partial charge in [0.2, 0.25) is 0 Å². The summed E-state index contributed by atoms with van der Waals surface area (Å²) in [5.41, 5.74) is 0.139. The molecular weight excluding hydrogens is 192 g/mol. The summed E-state index contributed by atoms with van der Waals surface area (Å²) < 4.78 is 0. The number of nitrogens with one attached hydrogen (secondary N) is 1. The Morgan fingerprint density at radius 1 is 1.62 bits per heavy atom. The average Bonchev–Trinajstić information content (AvgIpc) is 2.15. The molecule has 1 aromatic heterocycles. The van der Waals surface area contributed by atoms with E-state index in [1.165, 1.54) is 12.1 Å². The van der Waals surface area contributed by atoms with Crippen LogP contribution in [0.3, 0.4) is 0 Å². The molecule has 0 unspecified atom stereocenters. The molecule has 0 aliphatic rings. The van der Waals surface area contributed by atoms with Gasteiger partial charge in [-0.3, -0.25) is 4.79 Å². The van der Waals surface area contributed by atoms with Crippen molar-refractivity contribution < 1.29 is 4.79 Å². The van der Waals surface area contributed by atoms with Gasteiger partial charge >= 0.3 is 0 Å². The first kappa shape index (κ1) is 9.42. The number of carbonyl (C=O) groups is 1. The molecule has 66 valence electrons. The lowest BCUT2D eigenvalue weighted by atomic mass is 10.4. The summed E-state index contributed by atoms with van der Waals surface area (Å²) in [7, 11) is 0. The van der Waals surface area contributed by atoms with Crippen molar-refractivity contribution in [2.45, 2.75) is 0 Å². The number of hydrogen-bond acceptors (Lipinski definition) is 4. The van der Waals surface area contributed by atoms with Crippen LogP contribution < -0.4 is 5.32 Å². The van der Waals surface area contributed by atoms with Crippen LogP contribution in [-0.2, 0) is 0 Å². The van der Waals surface area contributed by atoms with E-state index in [9.17, 15) is 4.79 Å².